The Hall–Kier alpha value is -1.10. The molecule has 1 aliphatic rings. The maximum Gasteiger partial charge on any atom is 0.215 e. The second-order valence-electron chi connectivity index (χ2n) is 4.28. The smallest absolute Gasteiger partial charge is 0.215 e. The van der Waals surface area contributed by atoms with Crippen molar-refractivity contribution in [3.63, 3.8) is 0 Å². The number of aromatic nitrogens is 1. The van der Waals surface area contributed by atoms with Crippen LogP contribution in [-0.2, 0) is 0 Å². The molecule has 2 unspecified atom stereocenters. The van der Waals surface area contributed by atoms with Crippen molar-refractivity contribution in [2.24, 2.45) is 0 Å². The first-order chi connectivity index (χ1) is 8.13. The van der Waals surface area contributed by atoms with E-state index in [0.29, 0.717) is 17.2 Å². The molecule has 1 aliphatic heterocycles. The summed E-state index contributed by atoms with van der Waals surface area (Å²) in [7, 11) is 1.63. The number of nitrogen functional groups attached to an aromatic ring is 1. The van der Waals surface area contributed by atoms with E-state index < -0.39 is 0 Å². The Morgan fingerprint density at radius 2 is 2.24 bits per heavy atom. The van der Waals surface area contributed by atoms with Crippen molar-refractivity contribution in [2.75, 3.05) is 30.0 Å². The van der Waals surface area contributed by atoms with Gasteiger partial charge in [0.2, 0.25) is 5.88 Å². The average molecular weight is 253 g/mol. The van der Waals surface area contributed by atoms with E-state index in [0.717, 1.165) is 23.8 Å². The molecule has 0 aromatic carbocycles. The van der Waals surface area contributed by atoms with Gasteiger partial charge in [0.1, 0.15) is 0 Å². The van der Waals surface area contributed by atoms with Gasteiger partial charge in [0, 0.05) is 29.7 Å². The molecule has 1 fully saturated rings. The van der Waals surface area contributed by atoms with Crippen molar-refractivity contribution in [3.8, 4) is 5.88 Å². The van der Waals surface area contributed by atoms with E-state index in [1.807, 2.05) is 17.8 Å². The van der Waals surface area contributed by atoms with Crippen LogP contribution in [0.1, 0.15) is 13.8 Å². The van der Waals surface area contributed by atoms with Crippen molar-refractivity contribution >= 4 is 23.3 Å². The molecule has 0 radical (unpaired) electrons. The monoisotopic (exact) mass is 253 g/mol. The summed E-state index contributed by atoms with van der Waals surface area (Å²) < 4.78 is 5.16. The topological polar surface area (TPSA) is 51.4 Å². The molecule has 0 aliphatic carbocycles. The van der Waals surface area contributed by atoms with Crippen molar-refractivity contribution in [1.82, 2.24) is 4.98 Å². The lowest BCUT2D eigenvalue weighted by Gasteiger charge is -2.38. The molecule has 0 amide bonds. The molecule has 1 aromatic rings. The summed E-state index contributed by atoms with van der Waals surface area (Å²) >= 11 is 2.00. The molecule has 4 nitrogen and oxygen atoms in total. The standard InChI is InChI=1S/C12H19N3OS/c1-8-9(2)17-7-6-15(8)12-10(13)4-5-11(14-12)16-3/h4-5,8-9H,6-7,13H2,1-3H3. The first kappa shape index (κ1) is 12.4. The quantitative estimate of drug-likeness (QED) is 0.873. The third-order valence-electron chi connectivity index (χ3n) is 3.24. The summed E-state index contributed by atoms with van der Waals surface area (Å²) in [6.45, 7) is 5.45. The second-order valence-corrected chi connectivity index (χ2v) is 5.76. The fraction of sp³-hybridized carbons (Fsp3) is 0.583. The highest BCUT2D eigenvalue weighted by Gasteiger charge is 2.27. The minimum atomic E-state index is 0.440. The van der Waals surface area contributed by atoms with E-state index in [1.54, 1.807) is 13.2 Å². The zero-order valence-corrected chi connectivity index (χ0v) is 11.3. The summed E-state index contributed by atoms with van der Waals surface area (Å²) in [5.41, 5.74) is 6.74. The number of rotatable bonds is 2. The van der Waals surface area contributed by atoms with Crippen LogP contribution in [0, 0.1) is 0 Å². The number of thioether (sulfide) groups is 1. The molecule has 2 heterocycles. The molecule has 0 spiro atoms. The van der Waals surface area contributed by atoms with Crippen LogP contribution in [0.4, 0.5) is 11.5 Å². The van der Waals surface area contributed by atoms with E-state index in [4.69, 9.17) is 10.5 Å². The Balaban J connectivity index is 2.31. The normalized spacial score (nSPS) is 24.8. The van der Waals surface area contributed by atoms with Crippen LogP contribution in [0.3, 0.4) is 0 Å². The molecule has 1 saturated heterocycles. The third-order valence-corrected chi connectivity index (χ3v) is 4.58. The second kappa shape index (κ2) is 5.04. The van der Waals surface area contributed by atoms with Gasteiger partial charge in [-0.05, 0) is 13.0 Å². The highest BCUT2D eigenvalue weighted by molar-refractivity contribution is 8.00. The van der Waals surface area contributed by atoms with Crippen LogP contribution >= 0.6 is 11.8 Å². The van der Waals surface area contributed by atoms with Crippen LogP contribution in [-0.4, -0.2) is 35.7 Å². The fourth-order valence-electron chi connectivity index (χ4n) is 2.02. The summed E-state index contributed by atoms with van der Waals surface area (Å²) in [5, 5.41) is 0.594. The number of hydrogen-bond donors (Lipinski definition) is 1. The van der Waals surface area contributed by atoms with Gasteiger partial charge >= 0.3 is 0 Å². The van der Waals surface area contributed by atoms with Gasteiger partial charge in [-0.1, -0.05) is 6.92 Å². The van der Waals surface area contributed by atoms with Crippen molar-refractivity contribution in [3.05, 3.63) is 12.1 Å². The van der Waals surface area contributed by atoms with Gasteiger partial charge < -0.3 is 15.4 Å². The number of hydrogen-bond acceptors (Lipinski definition) is 5. The maximum absolute atomic E-state index is 6.02. The zero-order chi connectivity index (χ0) is 12.4. The minimum absolute atomic E-state index is 0.440. The summed E-state index contributed by atoms with van der Waals surface area (Å²) in [6.07, 6.45) is 0. The van der Waals surface area contributed by atoms with Gasteiger partial charge in [0.15, 0.2) is 5.82 Å². The molecule has 2 rings (SSSR count). The summed E-state index contributed by atoms with van der Waals surface area (Å²) in [5.74, 6) is 2.58. The predicted octanol–water partition coefficient (Wildman–Crippen LogP) is 2.00. The van der Waals surface area contributed by atoms with E-state index in [2.05, 4.69) is 23.7 Å². The largest absolute Gasteiger partial charge is 0.481 e. The van der Waals surface area contributed by atoms with E-state index in [1.165, 1.54) is 0 Å². The highest BCUT2D eigenvalue weighted by Crippen LogP contribution is 2.32. The van der Waals surface area contributed by atoms with Gasteiger partial charge in [-0.3, -0.25) is 0 Å². The summed E-state index contributed by atoms with van der Waals surface area (Å²) in [4.78, 5) is 6.75. The molecule has 17 heavy (non-hydrogen) atoms. The molecular formula is C12H19N3OS. The lowest BCUT2D eigenvalue weighted by molar-refractivity contribution is 0.397. The Bertz CT molecular complexity index is 399. The summed E-state index contributed by atoms with van der Waals surface area (Å²) in [6, 6.07) is 4.10. The third kappa shape index (κ3) is 2.44. The van der Waals surface area contributed by atoms with Crippen LogP contribution in [0.2, 0.25) is 0 Å². The van der Waals surface area contributed by atoms with Gasteiger partial charge in [-0.25, -0.2) is 0 Å². The number of anilines is 2. The fourth-order valence-corrected chi connectivity index (χ4v) is 3.12. The number of nitrogens with two attached hydrogens (primary N) is 1. The maximum atomic E-state index is 6.02. The first-order valence-corrected chi connectivity index (χ1v) is 6.87. The molecule has 0 bridgehead atoms. The lowest BCUT2D eigenvalue weighted by Crippen LogP contribution is -2.45. The molecule has 0 saturated carbocycles. The van der Waals surface area contributed by atoms with Gasteiger partial charge in [-0.2, -0.15) is 16.7 Å². The SMILES string of the molecule is COc1ccc(N)c(N2CCSC(C)C2C)n1. The predicted molar refractivity (Wildman–Crippen MR) is 73.9 cm³/mol. The molecule has 1 aromatic heterocycles. The molecule has 2 N–H and O–H groups in total. The number of nitrogens with zero attached hydrogens (tertiary/aromatic N) is 2. The Morgan fingerprint density at radius 3 is 2.94 bits per heavy atom. The van der Waals surface area contributed by atoms with E-state index >= 15 is 0 Å². The Kier molecular flexibility index (Phi) is 3.66. The van der Waals surface area contributed by atoms with Crippen molar-refractivity contribution < 1.29 is 4.74 Å². The van der Waals surface area contributed by atoms with E-state index in [9.17, 15) is 0 Å². The van der Waals surface area contributed by atoms with Crippen LogP contribution < -0.4 is 15.4 Å². The molecule has 2 atom stereocenters. The lowest BCUT2D eigenvalue weighted by atomic mass is 10.2. The number of pyridine rings is 1. The number of methoxy groups -OCH3 is 1. The van der Waals surface area contributed by atoms with Gasteiger partial charge in [0.05, 0.1) is 12.8 Å². The van der Waals surface area contributed by atoms with Crippen molar-refractivity contribution in [1.29, 1.82) is 0 Å². The average Bonchev–Trinajstić information content (AvgIpc) is 2.34. The Labute approximate surface area is 107 Å². The first-order valence-electron chi connectivity index (χ1n) is 5.82. The molecule has 5 heteroatoms. The van der Waals surface area contributed by atoms with Crippen molar-refractivity contribution in [2.45, 2.75) is 25.1 Å². The minimum Gasteiger partial charge on any atom is -0.481 e. The van der Waals surface area contributed by atoms with Crippen LogP contribution in [0.15, 0.2) is 12.1 Å². The number of ether oxygens (including phenoxy) is 1. The zero-order valence-electron chi connectivity index (χ0n) is 10.5. The molecular weight excluding hydrogens is 234 g/mol. The van der Waals surface area contributed by atoms with Gasteiger partial charge in [0.25, 0.3) is 0 Å². The Morgan fingerprint density at radius 1 is 1.47 bits per heavy atom. The van der Waals surface area contributed by atoms with Crippen LogP contribution in [0.5, 0.6) is 5.88 Å². The van der Waals surface area contributed by atoms with Crippen LogP contribution in [0.25, 0.3) is 0 Å². The van der Waals surface area contributed by atoms with Gasteiger partial charge in [-0.15, -0.1) is 0 Å². The highest BCUT2D eigenvalue weighted by atomic mass is 32.2. The molecule has 94 valence electrons. The van der Waals surface area contributed by atoms with E-state index in [-0.39, 0.29) is 0 Å².